The van der Waals surface area contributed by atoms with Crippen LogP contribution in [-0.2, 0) is 26.2 Å². The summed E-state index contributed by atoms with van der Waals surface area (Å²) in [6.45, 7) is 1.20. The van der Waals surface area contributed by atoms with Crippen LogP contribution in [0.5, 0.6) is 0 Å². The summed E-state index contributed by atoms with van der Waals surface area (Å²) in [4.78, 5) is 28.2. The van der Waals surface area contributed by atoms with Gasteiger partial charge in [-0.05, 0) is 61.7 Å². The molecule has 1 atom stereocenters. The number of carbonyl (C=O) groups is 2. The van der Waals surface area contributed by atoms with Gasteiger partial charge in [-0.2, -0.15) is 0 Å². The third-order valence-electron chi connectivity index (χ3n) is 6.27. The maximum Gasteiger partial charge on any atom is 0.244 e. The third kappa shape index (κ3) is 7.84. The molecule has 1 saturated carbocycles. The van der Waals surface area contributed by atoms with Crippen molar-refractivity contribution in [2.24, 2.45) is 0 Å². The molecule has 0 radical (unpaired) electrons. The molecule has 36 heavy (non-hydrogen) atoms. The summed E-state index contributed by atoms with van der Waals surface area (Å²) in [5, 5.41) is 3.86. The van der Waals surface area contributed by atoms with Crippen molar-refractivity contribution in [1.29, 1.82) is 0 Å². The maximum absolute atomic E-state index is 13.6. The van der Waals surface area contributed by atoms with E-state index >= 15 is 0 Å². The van der Waals surface area contributed by atoms with Gasteiger partial charge in [0.05, 0.1) is 11.9 Å². The first-order valence-corrected chi connectivity index (χ1v) is 15.1. The predicted molar refractivity (Wildman–Crippen MR) is 148 cm³/mol. The van der Waals surface area contributed by atoms with E-state index in [9.17, 15) is 18.0 Å². The second kappa shape index (κ2) is 12.6. The average Bonchev–Trinajstić information content (AvgIpc) is 2.82. The highest BCUT2D eigenvalue weighted by Gasteiger charge is 2.31. The van der Waals surface area contributed by atoms with Gasteiger partial charge in [0.25, 0.3) is 0 Å². The van der Waals surface area contributed by atoms with Crippen LogP contribution in [0.4, 0.5) is 5.69 Å². The molecule has 1 aliphatic rings. The first-order valence-electron chi connectivity index (χ1n) is 11.7. The predicted octanol–water partition coefficient (Wildman–Crippen LogP) is 5.39. The van der Waals surface area contributed by atoms with Gasteiger partial charge in [-0.25, -0.2) is 8.42 Å². The van der Waals surface area contributed by atoms with E-state index in [-0.39, 0.29) is 18.5 Å². The van der Waals surface area contributed by atoms with Gasteiger partial charge in [0.2, 0.25) is 21.8 Å². The summed E-state index contributed by atoms with van der Waals surface area (Å²) in [5.74, 6) is -0.810. The fourth-order valence-corrected chi connectivity index (χ4v) is 5.79. The molecule has 0 saturated heterocycles. The summed E-state index contributed by atoms with van der Waals surface area (Å²) in [6, 6.07) is 10.8. The van der Waals surface area contributed by atoms with Gasteiger partial charge < -0.3 is 10.2 Å². The fourth-order valence-electron chi connectivity index (χ4n) is 4.21. The van der Waals surface area contributed by atoms with E-state index in [1.807, 2.05) is 0 Å². The Morgan fingerprint density at radius 1 is 1.08 bits per heavy atom. The highest BCUT2D eigenvalue weighted by molar-refractivity contribution is 9.10. The van der Waals surface area contributed by atoms with Crippen molar-refractivity contribution in [1.82, 2.24) is 10.2 Å². The van der Waals surface area contributed by atoms with E-state index < -0.39 is 28.5 Å². The van der Waals surface area contributed by atoms with Gasteiger partial charge in [-0.3, -0.25) is 13.9 Å². The number of hydrogen-bond donors (Lipinski definition) is 1. The van der Waals surface area contributed by atoms with Gasteiger partial charge in [0.1, 0.15) is 12.6 Å². The Hall–Kier alpha value is -1.81. The van der Waals surface area contributed by atoms with Gasteiger partial charge in [-0.15, -0.1) is 0 Å². The van der Waals surface area contributed by atoms with E-state index in [0.717, 1.165) is 47.1 Å². The van der Waals surface area contributed by atoms with Crippen LogP contribution in [0, 0.1) is 0 Å². The lowest BCUT2D eigenvalue weighted by Crippen LogP contribution is -2.53. The Kier molecular flexibility index (Phi) is 10.1. The minimum absolute atomic E-state index is 0.0199. The molecule has 3 rings (SSSR count). The van der Waals surface area contributed by atoms with E-state index in [1.54, 1.807) is 49.4 Å². The zero-order chi connectivity index (χ0) is 26.5. The molecule has 2 aromatic rings. The maximum atomic E-state index is 13.6. The molecular formula is C25H30BrCl2N3O4S. The number of benzene rings is 2. The van der Waals surface area contributed by atoms with Crippen LogP contribution in [-0.4, -0.2) is 50.0 Å². The zero-order valence-corrected chi connectivity index (χ0v) is 24.1. The van der Waals surface area contributed by atoms with Crippen molar-refractivity contribution in [3.05, 3.63) is 62.5 Å². The molecule has 2 aromatic carbocycles. The molecule has 1 N–H and O–H groups in total. The Morgan fingerprint density at radius 3 is 2.31 bits per heavy atom. The minimum atomic E-state index is -3.79. The first kappa shape index (κ1) is 28.8. The molecule has 196 valence electrons. The summed E-state index contributed by atoms with van der Waals surface area (Å²) in [6.07, 6.45) is 6.11. The highest BCUT2D eigenvalue weighted by atomic mass is 79.9. The van der Waals surface area contributed by atoms with E-state index in [4.69, 9.17) is 23.2 Å². The minimum Gasteiger partial charge on any atom is -0.352 e. The lowest BCUT2D eigenvalue weighted by Gasteiger charge is -2.33. The van der Waals surface area contributed by atoms with Crippen molar-refractivity contribution in [2.75, 3.05) is 17.1 Å². The number of hydrogen-bond acceptors (Lipinski definition) is 4. The van der Waals surface area contributed by atoms with E-state index in [1.165, 1.54) is 4.90 Å². The van der Waals surface area contributed by atoms with Crippen LogP contribution in [0.1, 0.15) is 44.6 Å². The second-order valence-electron chi connectivity index (χ2n) is 9.02. The van der Waals surface area contributed by atoms with Crippen molar-refractivity contribution >= 4 is 66.7 Å². The molecule has 1 fully saturated rings. The zero-order valence-electron chi connectivity index (χ0n) is 20.2. The summed E-state index contributed by atoms with van der Waals surface area (Å²) >= 11 is 15.7. The standard InChI is InChI=1S/C25H30BrCl2N3O4S/c1-17(25(33)29-21-6-4-3-5-7-21)30(15-18-8-11-20(27)14-23(18)28)24(32)16-31(36(2,34)35)22-12-9-19(26)10-13-22/h8-14,17,21H,3-7,15-16H2,1-2H3,(H,29,33). The van der Waals surface area contributed by atoms with E-state index in [0.29, 0.717) is 21.3 Å². The number of carbonyl (C=O) groups excluding carboxylic acids is 2. The van der Waals surface area contributed by atoms with Gasteiger partial charge >= 0.3 is 0 Å². The molecule has 0 bridgehead atoms. The SMILES string of the molecule is CC(C(=O)NC1CCCCC1)N(Cc1ccc(Cl)cc1Cl)C(=O)CN(c1ccc(Br)cc1)S(C)(=O)=O. The molecule has 0 heterocycles. The monoisotopic (exact) mass is 617 g/mol. The second-order valence-corrected chi connectivity index (χ2v) is 12.7. The number of anilines is 1. The Bertz CT molecular complexity index is 1190. The van der Waals surface area contributed by atoms with Crippen LogP contribution < -0.4 is 9.62 Å². The van der Waals surface area contributed by atoms with Crippen molar-refractivity contribution in [3.8, 4) is 0 Å². The van der Waals surface area contributed by atoms with Crippen molar-refractivity contribution in [3.63, 3.8) is 0 Å². The Morgan fingerprint density at radius 2 is 1.72 bits per heavy atom. The average molecular weight is 619 g/mol. The van der Waals surface area contributed by atoms with Gasteiger partial charge in [0.15, 0.2) is 0 Å². The quantitative estimate of drug-likeness (QED) is 0.408. The molecule has 7 nitrogen and oxygen atoms in total. The normalized spacial score (nSPS) is 15.2. The van der Waals surface area contributed by atoms with Crippen LogP contribution >= 0.6 is 39.1 Å². The lowest BCUT2D eigenvalue weighted by molar-refractivity contribution is -0.139. The number of sulfonamides is 1. The molecule has 11 heteroatoms. The molecule has 0 aromatic heterocycles. The lowest BCUT2D eigenvalue weighted by atomic mass is 9.95. The number of halogens is 3. The molecular weight excluding hydrogens is 589 g/mol. The van der Waals surface area contributed by atoms with Gasteiger partial charge in [0, 0.05) is 27.1 Å². The molecule has 1 unspecified atom stereocenters. The number of rotatable bonds is 9. The van der Waals surface area contributed by atoms with E-state index in [2.05, 4.69) is 21.2 Å². The third-order valence-corrected chi connectivity index (χ3v) is 8.52. The molecule has 1 aliphatic carbocycles. The van der Waals surface area contributed by atoms with Crippen LogP contribution in [0.2, 0.25) is 10.0 Å². The Balaban J connectivity index is 1.89. The largest absolute Gasteiger partial charge is 0.352 e. The number of amides is 2. The Labute approximate surface area is 231 Å². The molecule has 0 aliphatic heterocycles. The summed E-state index contributed by atoms with van der Waals surface area (Å²) in [7, 11) is -3.79. The number of nitrogens with one attached hydrogen (secondary N) is 1. The topological polar surface area (TPSA) is 86.8 Å². The molecule has 2 amide bonds. The van der Waals surface area contributed by atoms with Gasteiger partial charge in [-0.1, -0.05) is 64.5 Å². The van der Waals surface area contributed by atoms with Crippen LogP contribution in [0.15, 0.2) is 46.9 Å². The smallest absolute Gasteiger partial charge is 0.244 e. The summed E-state index contributed by atoms with van der Waals surface area (Å²) < 4.78 is 27.0. The van der Waals surface area contributed by atoms with Crippen molar-refractivity contribution < 1.29 is 18.0 Å². The fraction of sp³-hybridized carbons (Fsp3) is 0.440. The summed E-state index contributed by atoms with van der Waals surface area (Å²) in [5.41, 5.74) is 0.944. The van der Waals surface area contributed by atoms with Crippen LogP contribution in [0.25, 0.3) is 0 Å². The molecule has 0 spiro atoms. The highest BCUT2D eigenvalue weighted by Crippen LogP contribution is 2.25. The van der Waals surface area contributed by atoms with Crippen LogP contribution in [0.3, 0.4) is 0 Å². The first-order chi connectivity index (χ1) is 17.0. The van der Waals surface area contributed by atoms with Crippen molar-refractivity contribution in [2.45, 2.75) is 57.7 Å². The number of nitrogens with zero attached hydrogens (tertiary/aromatic N) is 2.